The van der Waals surface area contributed by atoms with Crippen LogP contribution in [-0.4, -0.2) is 88.4 Å². The van der Waals surface area contributed by atoms with E-state index in [4.69, 9.17) is 4.74 Å². The third kappa shape index (κ3) is 11.5. The Hall–Kier alpha value is -0.120. The molecule has 0 bridgehead atoms. The first-order chi connectivity index (χ1) is 12.8. The Morgan fingerprint density at radius 1 is 0.963 bits per heavy atom. The smallest absolute Gasteiger partial charge is 0.190 e. The fraction of sp³-hybridized carbons (Fsp3) is 0.950. The van der Waals surface area contributed by atoms with Gasteiger partial charge >= 0.3 is 0 Å². The molecule has 2 N–H and O–H groups in total. The van der Waals surface area contributed by atoms with Gasteiger partial charge in [0.25, 0.3) is 0 Å². The summed E-state index contributed by atoms with van der Waals surface area (Å²) in [6, 6.07) is 0. The van der Waals surface area contributed by atoms with Gasteiger partial charge in [-0.25, -0.2) is 0 Å². The number of likely N-dealkylation sites (N-methyl/N-ethyl adjacent to an activating group) is 1. The molecule has 1 heterocycles. The van der Waals surface area contributed by atoms with E-state index >= 15 is 0 Å². The molecule has 0 amide bonds. The number of nitrogens with one attached hydrogen (secondary N) is 2. The van der Waals surface area contributed by atoms with Crippen molar-refractivity contribution in [2.45, 2.75) is 57.5 Å². The number of nitrogens with zero attached hydrogens (tertiary/aromatic N) is 3. The molecule has 0 aromatic heterocycles. The molecule has 2 fully saturated rings. The van der Waals surface area contributed by atoms with Crippen LogP contribution < -0.4 is 10.6 Å². The number of ether oxygens (including phenoxy) is 1. The normalized spacial score (nSPS) is 20.3. The fourth-order valence-corrected chi connectivity index (χ4v) is 3.72. The second-order valence-electron chi connectivity index (χ2n) is 7.76. The predicted octanol–water partition coefficient (Wildman–Crippen LogP) is 2.54. The molecule has 0 atom stereocenters. The van der Waals surface area contributed by atoms with E-state index in [1.807, 2.05) is 7.05 Å². The topological polar surface area (TPSA) is 52.1 Å². The van der Waals surface area contributed by atoms with Crippen LogP contribution in [0.4, 0.5) is 0 Å². The van der Waals surface area contributed by atoms with Crippen molar-refractivity contribution in [3.05, 3.63) is 0 Å². The Kier molecular flexibility index (Phi) is 14.5. The lowest BCUT2D eigenvalue weighted by molar-refractivity contribution is 0.0277. The summed E-state index contributed by atoms with van der Waals surface area (Å²) in [4.78, 5) is 9.30. The summed E-state index contributed by atoms with van der Waals surface area (Å²) < 4.78 is 5.97. The van der Waals surface area contributed by atoms with Crippen molar-refractivity contribution < 1.29 is 4.74 Å². The average molecular weight is 495 g/mol. The summed E-state index contributed by atoms with van der Waals surface area (Å²) in [6.45, 7) is 8.85. The second-order valence-corrected chi connectivity index (χ2v) is 7.76. The molecule has 7 heteroatoms. The van der Waals surface area contributed by atoms with Crippen LogP contribution in [0, 0.1) is 0 Å². The molecule has 27 heavy (non-hydrogen) atoms. The largest absolute Gasteiger partial charge is 0.378 e. The molecular weight excluding hydrogens is 453 g/mol. The molecule has 6 nitrogen and oxygen atoms in total. The van der Waals surface area contributed by atoms with Crippen molar-refractivity contribution in [2.75, 3.05) is 66.5 Å². The Balaban J connectivity index is 0.00000364. The van der Waals surface area contributed by atoms with E-state index in [2.05, 4.69) is 32.5 Å². The minimum Gasteiger partial charge on any atom is -0.378 e. The molecular formula is C20H42IN5O. The van der Waals surface area contributed by atoms with Gasteiger partial charge in [-0.1, -0.05) is 19.3 Å². The lowest BCUT2D eigenvalue weighted by Crippen LogP contribution is -2.44. The highest BCUT2D eigenvalue weighted by atomic mass is 127. The number of hydrogen-bond acceptors (Lipinski definition) is 4. The molecule has 1 aliphatic heterocycles. The molecule has 1 saturated heterocycles. The van der Waals surface area contributed by atoms with Crippen LogP contribution in [0.2, 0.25) is 0 Å². The molecule has 0 aromatic rings. The predicted molar refractivity (Wildman–Crippen MR) is 125 cm³/mol. The Labute approximate surface area is 183 Å². The summed E-state index contributed by atoms with van der Waals surface area (Å²) in [5.41, 5.74) is 0. The second kappa shape index (κ2) is 15.8. The fourth-order valence-electron chi connectivity index (χ4n) is 3.72. The Morgan fingerprint density at radius 3 is 2.30 bits per heavy atom. The van der Waals surface area contributed by atoms with Crippen molar-refractivity contribution in [1.82, 2.24) is 20.4 Å². The van der Waals surface area contributed by atoms with Crippen LogP contribution >= 0.6 is 24.0 Å². The van der Waals surface area contributed by atoms with E-state index in [9.17, 15) is 0 Å². The maximum absolute atomic E-state index is 5.97. The lowest BCUT2D eigenvalue weighted by atomic mass is 9.98. The van der Waals surface area contributed by atoms with Gasteiger partial charge in [-0.15, -0.1) is 24.0 Å². The quantitative estimate of drug-likeness (QED) is 0.211. The van der Waals surface area contributed by atoms with Crippen LogP contribution in [0.1, 0.15) is 51.4 Å². The van der Waals surface area contributed by atoms with Crippen LogP contribution in [0.5, 0.6) is 0 Å². The molecule has 0 radical (unpaired) electrons. The summed E-state index contributed by atoms with van der Waals surface area (Å²) in [5, 5.41) is 6.82. The van der Waals surface area contributed by atoms with Crippen molar-refractivity contribution in [3.8, 4) is 0 Å². The minimum atomic E-state index is 0. The van der Waals surface area contributed by atoms with Gasteiger partial charge in [0.2, 0.25) is 0 Å². The first kappa shape index (κ1) is 24.9. The van der Waals surface area contributed by atoms with Gasteiger partial charge in [0, 0.05) is 52.9 Å². The molecule has 0 spiro atoms. The molecule has 1 saturated carbocycles. The number of halogens is 1. The van der Waals surface area contributed by atoms with Gasteiger partial charge in [0.05, 0.1) is 6.10 Å². The highest BCUT2D eigenvalue weighted by molar-refractivity contribution is 14.0. The first-order valence-electron chi connectivity index (χ1n) is 10.7. The third-order valence-electron chi connectivity index (χ3n) is 5.53. The van der Waals surface area contributed by atoms with E-state index in [-0.39, 0.29) is 24.0 Å². The number of unbranched alkanes of at least 4 members (excludes halogenated alkanes) is 1. The number of hydrogen-bond donors (Lipinski definition) is 2. The number of rotatable bonds is 10. The summed E-state index contributed by atoms with van der Waals surface area (Å²) in [7, 11) is 4.06. The van der Waals surface area contributed by atoms with Gasteiger partial charge < -0.3 is 25.2 Å². The van der Waals surface area contributed by atoms with Crippen LogP contribution in [0.3, 0.4) is 0 Å². The number of aliphatic imine (C=N–C) groups is 1. The highest BCUT2D eigenvalue weighted by Crippen LogP contribution is 2.20. The maximum atomic E-state index is 5.97. The van der Waals surface area contributed by atoms with Gasteiger partial charge in [-0.05, 0) is 45.7 Å². The van der Waals surface area contributed by atoms with E-state index in [1.54, 1.807) is 0 Å². The SMILES string of the molecule is CN=C(NCCCCN1CCN(C)CC1)NCCCOC1CCCCC1.I. The minimum absolute atomic E-state index is 0. The van der Waals surface area contributed by atoms with Gasteiger partial charge in [0.15, 0.2) is 5.96 Å². The van der Waals surface area contributed by atoms with Crippen molar-refractivity contribution in [1.29, 1.82) is 0 Å². The number of piperazine rings is 1. The van der Waals surface area contributed by atoms with Crippen LogP contribution in [-0.2, 0) is 4.74 Å². The zero-order valence-electron chi connectivity index (χ0n) is 17.5. The van der Waals surface area contributed by atoms with Crippen molar-refractivity contribution in [2.24, 2.45) is 4.99 Å². The molecule has 2 aliphatic rings. The van der Waals surface area contributed by atoms with Crippen molar-refractivity contribution in [3.63, 3.8) is 0 Å². The Bertz CT molecular complexity index is 383. The van der Waals surface area contributed by atoms with Gasteiger partial charge in [-0.3, -0.25) is 4.99 Å². The van der Waals surface area contributed by atoms with Crippen LogP contribution in [0.25, 0.3) is 0 Å². The van der Waals surface area contributed by atoms with Crippen LogP contribution in [0.15, 0.2) is 4.99 Å². The Morgan fingerprint density at radius 2 is 1.63 bits per heavy atom. The van der Waals surface area contributed by atoms with E-state index < -0.39 is 0 Å². The van der Waals surface area contributed by atoms with Gasteiger partial charge in [0.1, 0.15) is 0 Å². The monoisotopic (exact) mass is 495 g/mol. The zero-order valence-corrected chi connectivity index (χ0v) is 19.9. The van der Waals surface area contributed by atoms with Gasteiger partial charge in [-0.2, -0.15) is 0 Å². The highest BCUT2D eigenvalue weighted by Gasteiger charge is 2.13. The standard InChI is InChI=1S/C20H41N5O.HI/c1-21-20(23-12-8-18-26-19-9-4-3-5-10-19)22-11-6-7-13-25-16-14-24(2)15-17-25;/h19H,3-18H2,1-2H3,(H2,21,22,23);1H. The average Bonchev–Trinajstić information content (AvgIpc) is 2.68. The van der Waals surface area contributed by atoms with E-state index in [0.717, 1.165) is 32.1 Å². The molecule has 160 valence electrons. The van der Waals surface area contributed by atoms with E-state index in [1.165, 1.54) is 77.7 Å². The van der Waals surface area contributed by atoms with E-state index in [0.29, 0.717) is 6.10 Å². The number of guanidine groups is 1. The summed E-state index contributed by atoms with van der Waals surface area (Å²) in [5.74, 6) is 0.919. The third-order valence-corrected chi connectivity index (χ3v) is 5.53. The summed E-state index contributed by atoms with van der Waals surface area (Å²) >= 11 is 0. The lowest BCUT2D eigenvalue weighted by Gasteiger charge is -2.32. The molecule has 1 aliphatic carbocycles. The first-order valence-corrected chi connectivity index (χ1v) is 10.7. The zero-order chi connectivity index (χ0) is 18.5. The molecule has 2 rings (SSSR count). The summed E-state index contributed by atoms with van der Waals surface area (Å²) in [6.07, 6.45) is 10.6. The molecule has 0 aromatic carbocycles. The molecule has 0 unspecified atom stereocenters. The van der Waals surface area contributed by atoms with Crippen molar-refractivity contribution >= 4 is 29.9 Å². The maximum Gasteiger partial charge on any atom is 0.190 e.